The molecule has 1 amide bonds. The number of ether oxygens (including phenoxy) is 1. The molecule has 0 aliphatic carbocycles. The number of halogens is 1. The third kappa shape index (κ3) is 7.43. The van der Waals surface area contributed by atoms with Gasteiger partial charge in [-0.2, -0.15) is 0 Å². The third-order valence-corrected chi connectivity index (χ3v) is 5.29. The Morgan fingerprint density at radius 2 is 1.85 bits per heavy atom. The van der Waals surface area contributed by atoms with Crippen molar-refractivity contribution < 1.29 is 32.0 Å². The Hall–Kier alpha value is -2.34. The zero-order valence-electron chi connectivity index (χ0n) is 14.0. The molecule has 0 aliphatic rings. The van der Waals surface area contributed by atoms with Gasteiger partial charge in [0, 0.05) is 11.4 Å². The monoisotopic (exact) mass is 416 g/mol. The number of rotatable bonds is 10. The number of thiophene rings is 1. The maximum atomic E-state index is 12.8. The highest BCUT2D eigenvalue weighted by Crippen LogP contribution is 2.09. The van der Waals surface area contributed by atoms with Gasteiger partial charge >= 0.3 is 5.97 Å². The summed E-state index contributed by atoms with van der Waals surface area (Å²) in [6.07, 6.45) is 0.672. The van der Waals surface area contributed by atoms with Gasteiger partial charge in [0.05, 0.1) is 4.90 Å². The Kier molecular flexibility index (Phi) is 7.85. The van der Waals surface area contributed by atoms with Gasteiger partial charge in [0.1, 0.15) is 5.82 Å². The van der Waals surface area contributed by atoms with Crippen LogP contribution in [0, 0.1) is 5.82 Å². The SMILES string of the molecule is O=C(COC(=O)CONS(=O)(=O)c1ccc(F)cc1)NCCc1cccs1. The van der Waals surface area contributed by atoms with Gasteiger partial charge in [0.15, 0.2) is 13.2 Å². The van der Waals surface area contributed by atoms with Crippen LogP contribution in [0.1, 0.15) is 4.88 Å². The first-order chi connectivity index (χ1) is 12.9. The molecule has 2 N–H and O–H groups in total. The van der Waals surface area contributed by atoms with E-state index in [0.29, 0.717) is 13.0 Å². The summed E-state index contributed by atoms with van der Waals surface area (Å²) in [4.78, 5) is 30.2. The molecule has 1 heterocycles. The molecule has 0 aliphatic heterocycles. The Balaban J connectivity index is 1.62. The number of sulfonamides is 1. The summed E-state index contributed by atoms with van der Waals surface area (Å²) < 4.78 is 41.1. The van der Waals surface area contributed by atoms with E-state index >= 15 is 0 Å². The normalized spacial score (nSPS) is 11.1. The van der Waals surface area contributed by atoms with Gasteiger partial charge in [0.25, 0.3) is 15.9 Å². The van der Waals surface area contributed by atoms with E-state index in [1.807, 2.05) is 17.5 Å². The van der Waals surface area contributed by atoms with E-state index in [-0.39, 0.29) is 4.90 Å². The summed E-state index contributed by atoms with van der Waals surface area (Å²) in [5.41, 5.74) is 0. The second-order valence-electron chi connectivity index (χ2n) is 5.17. The van der Waals surface area contributed by atoms with Crippen LogP contribution in [0.5, 0.6) is 0 Å². The number of amides is 1. The van der Waals surface area contributed by atoms with Gasteiger partial charge in [-0.05, 0) is 42.1 Å². The first-order valence-electron chi connectivity index (χ1n) is 7.71. The number of benzene rings is 1. The molecule has 0 unspecified atom stereocenters. The smallest absolute Gasteiger partial charge is 0.334 e. The maximum absolute atomic E-state index is 12.8. The van der Waals surface area contributed by atoms with Crippen LogP contribution < -0.4 is 10.2 Å². The molecule has 11 heteroatoms. The highest BCUT2D eigenvalue weighted by atomic mass is 32.2. The Labute approximate surface area is 159 Å². The van der Waals surface area contributed by atoms with Crippen molar-refractivity contribution in [2.75, 3.05) is 19.8 Å². The molecule has 0 saturated carbocycles. The molecule has 146 valence electrons. The molecule has 0 radical (unpaired) electrons. The number of carbonyl (C=O) groups is 2. The number of nitrogens with one attached hydrogen (secondary N) is 2. The lowest BCUT2D eigenvalue weighted by atomic mass is 10.3. The van der Waals surface area contributed by atoms with Crippen LogP contribution in [0.2, 0.25) is 0 Å². The first-order valence-corrected chi connectivity index (χ1v) is 10.1. The van der Waals surface area contributed by atoms with Gasteiger partial charge < -0.3 is 10.1 Å². The minimum atomic E-state index is -4.06. The summed E-state index contributed by atoms with van der Waals surface area (Å²) in [7, 11) is -4.06. The van der Waals surface area contributed by atoms with Crippen molar-refractivity contribution in [1.82, 2.24) is 10.2 Å². The molecule has 2 aromatic rings. The fourth-order valence-corrected chi connectivity index (χ4v) is 3.36. The summed E-state index contributed by atoms with van der Waals surface area (Å²) in [5, 5.41) is 4.52. The van der Waals surface area contributed by atoms with Crippen LogP contribution in [0.25, 0.3) is 0 Å². The lowest BCUT2D eigenvalue weighted by molar-refractivity contribution is -0.153. The van der Waals surface area contributed by atoms with Gasteiger partial charge in [-0.25, -0.2) is 17.6 Å². The van der Waals surface area contributed by atoms with E-state index in [1.165, 1.54) is 0 Å². The molecule has 1 aromatic carbocycles. The van der Waals surface area contributed by atoms with Crippen molar-refractivity contribution in [3.63, 3.8) is 0 Å². The minimum absolute atomic E-state index is 0.234. The van der Waals surface area contributed by atoms with Crippen LogP contribution >= 0.6 is 11.3 Å². The second kappa shape index (κ2) is 10.1. The predicted molar refractivity (Wildman–Crippen MR) is 94.7 cm³/mol. The Bertz CT molecular complexity index is 854. The summed E-state index contributed by atoms with van der Waals surface area (Å²) in [6, 6.07) is 7.88. The molecule has 0 spiro atoms. The fraction of sp³-hybridized carbons (Fsp3) is 0.250. The lowest BCUT2D eigenvalue weighted by Crippen LogP contribution is -2.32. The standard InChI is InChI=1S/C16H17FN2O6S2/c17-12-3-5-14(6-4-12)27(22,23)19-25-11-16(21)24-10-15(20)18-8-7-13-2-1-9-26-13/h1-6,9,19H,7-8,10-11H2,(H,18,20). The second-order valence-corrected chi connectivity index (χ2v) is 7.85. The van der Waals surface area contributed by atoms with Gasteiger partial charge in [-0.1, -0.05) is 11.0 Å². The van der Waals surface area contributed by atoms with Crippen molar-refractivity contribution in [1.29, 1.82) is 0 Å². The highest BCUT2D eigenvalue weighted by Gasteiger charge is 2.15. The molecule has 0 bridgehead atoms. The number of hydrogen-bond acceptors (Lipinski definition) is 7. The quantitative estimate of drug-likeness (QED) is 0.442. The van der Waals surface area contributed by atoms with E-state index in [0.717, 1.165) is 29.1 Å². The fourth-order valence-electron chi connectivity index (χ4n) is 1.85. The van der Waals surface area contributed by atoms with Gasteiger partial charge in [-0.3, -0.25) is 9.63 Å². The van der Waals surface area contributed by atoms with Crippen LogP contribution in [0.3, 0.4) is 0 Å². The van der Waals surface area contributed by atoms with E-state index in [2.05, 4.69) is 14.9 Å². The van der Waals surface area contributed by atoms with Crippen molar-refractivity contribution >= 4 is 33.2 Å². The Morgan fingerprint density at radius 1 is 1.11 bits per heavy atom. The summed E-state index contributed by atoms with van der Waals surface area (Å²) in [5.74, 6) is -2.00. The van der Waals surface area contributed by atoms with Crippen molar-refractivity contribution in [3.8, 4) is 0 Å². The largest absolute Gasteiger partial charge is 0.454 e. The number of hydrogen-bond donors (Lipinski definition) is 2. The van der Waals surface area contributed by atoms with E-state index in [1.54, 1.807) is 16.2 Å². The first kappa shape index (κ1) is 21.0. The van der Waals surface area contributed by atoms with E-state index < -0.39 is 40.9 Å². The van der Waals surface area contributed by atoms with Crippen LogP contribution in [-0.2, 0) is 35.6 Å². The molecule has 0 fully saturated rings. The molecule has 1 aromatic heterocycles. The molecule has 8 nitrogen and oxygen atoms in total. The Morgan fingerprint density at radius 3 is 2.52 bits per heavy atom. The summed E-state index contributed by atoms with van der Waals surface area (Å²) >= 11 is 1.58. The predicted octanol–water partition coefficient (Wildman–Crippen LogP) is 0.999. The molecule has 2 rings (SSSR count). The zero-order valence-corrected chi connectivity index (χ0v) is 15.6. The summed E-state index contributed by atoms with van der Waals surface area (Å²) in [6.45, 7) is -0.828. The third-order valence-electron chi connectivity index (χ3n) is 3.12. The van der Waals surface area contributed by atoms with E-state index in [4.69, 9.17) is 0 Å². The molecule has 0 atom stereocenters. The average Bonchev–Trinajstić information content (AvgIpc) is 3.13. The van der Waals surface area contributed by atoms with Crippen LogP contribution in [0.4, 0.5) is 4.39 Å². The molecule has 0 saturated heterocycles. The average molecular weight is 416 g/mol. The molecular weight excluding hydrogens is 399 g/mol. The minimum Gasteiger partial charge on any atom is -0.454 e. The number of esters is 1. The van der Waals surface area contributed by atoms with Gasteiger partial charge in [-0.15, -0.1) is 11.3 Å². The highest BCUT2D eigenvalue weighted by molar-refractivity contribution is 7.89. The van der Waals surface area contributed by atoms with Crippen molar-refractivity contribution in [3.05, 3.63) is 52.5 Å². The van der Waals surface area contributed by atoms with Crippen LogP contribution in [-0.4, -0.2) is 40.1 Å². The number of carbonyl (C=O) groups excluding carboxylic acids is 2. The van der Waals surface area contributed by atoms with Crippen molar-refractivity contribution in [2.45, 2.75) is 11.3 Å². The zero-order chi connectivity index (χ0) is 19.7. The maximum Gasteiger partial charge on any atom is 0.334 e. The molecular formula is C16H17FN2O6S2. The van der Waals surface area contributed by atoms with Crippen LogP contribution in [0.15, 0.2) is 46.7 Å². The molecule has 27 heavy (non-hydrogen) atoms. The van der Waals surface area contributed by atoms with Gasteiger partial charge in [0.2, 0.25) is 0 Å². The topological polar surface area (TPSA) is 111 Å². The lowest BCUT2D eigenvalue weighted by Gasteiger charge is -2.08. The van der Waals surface area contributed by atoms with E-state index in [9.17, 15) is 22.4 Å². The van der Waals surface area contributed by atoms with Crippen molar-refractivity contribution in [2.24, 2.45) is 0 Å².